The van der Waals surface area contributed by atoms with Gasteiger partial charge in [-0.05, 0) is 104 Å². The Morgan fingerprint density at radius 3 is 1.69 bits per heavy atom. The van der Waals surface area contributed by atoms with E-state index in [4.69, 9.17) is 8.83 Å². The van der Waals surface area contributed by atoms with Crippen molar-refractivity contribution in [3.63, 3.8) is 0 Å². The van der Waals surface area contributed by atoms with Crippen molar-refractivity contribution in [1.82, 2.24) is 4.57 Å². The lowest BCUT2D eigenvalue weighted by Gasteiger charge is -2.18. The van der Waals surface area contributed by atoms with Gasteiger partial charge in [-0.15, -0.1) is 0 Å². The number of para-hydroxylation sites is 2. The Morgan fingerprint density at radius 2 is 0.959 bits per heavy atom. The van der Waals surface area contributed by atoms with E-state index in [9.17, 15) is 0 Å². The maximum absolute atomic E-state index is 6.48. The van der Waals surface area contributed by atoms with Crippen LogP contribution in [0.25, 0.3) is 104 Å². The molecule has 3 heterocycles. The molecule has 0 bridgehead atoms. The molecule has 49 heavy (non-hydrogen) atoms. The molecule has 8 aromatic carbocycles. The highest BCUT2D eigenvalue weighted by Gasteiger charge is 2.20. The molecule has 0 aliphatic heterocycles. The van der Waals surface area contributed by atoms with Crippen LogP contribution in [0.4, 0.5) is 0 Å². The molecule has 0 amide bonds. The van der Waals surface area contributed by atoms with E-state index in [-0.39, 0.29) is 0 Å². The molecular weight excluding hydrogens is 599 g/mol. The van der Waals surface area contributed by atoms with Crippen LogP contribution in [-0.2, 0) is 0 Å². The maximum Gasteiger partial charge on any atom is 0.136 e. The first kappa shape index (κ1) is 26.5. The van der Waals surface area contributed by atoms with Crippen LogP contribution in [0.15, 0.2) is 173 Å². The van der Waals surface area contributed by atoms with Gasteiger partial charge in [-0.2, -0.15) is 0 Å². The summed E-state index contributed by atoms with van der Waals surface area (Å²) in [4.78, 5) is 0. The SMILES string of the molecule is c1ccc(-n2c3ccccc3c3cc(-c4c5ccccc5c(-c5ccc6c(c5)oc5cc7ccoc7cc56)c5ccccc45)ccc32)cc1. The molecule has 0 saturated carbocycles. The smallest absolute Gasteiger partial charge is 0.136 e. The predicted octanol–water partition coefficient (Wildman–Crippen LogP) is 13.1. The molecule has 0 saturated heterocycles. The van der Waals surface area contributed by atoms with Crippen LogP contribution in [0.3, 0.4) is 0 Å². The van der Waals surface area contributed by atoms with Crippen LogP contribution in [0.1, 0.15) is 0 Å². The molecule has 0 aliphatic carbocycles. The third-order valence-electron chi connectivity index (χ3n) is 10.2. The minimum absolute atomic E-state index is 0.870. The molecule has 0 fully saturated rings. The van der Waals surface area contributed by atoms with Gasteiger partial charge in [0.25, 0.3) is 0 Å². The zero-order valence-electron chi connectivity index (χ0n) is 26.4. The first-order valence-electron chi connectivity index (χ1n) is 16.7. The van der Waals surface area contributed by atoms with Crippen LogP contribution in [0, 0.1) is 0 Å². The van der Waals surface area contributed by atoms with Crippen molar-refractivity contribution in [3.05, 3.63) is 164 Å². The molecule has 0 radical (unpaired) electrons. The van der Waals surface area contributed by atoms with Gasteiger partial charge in [-0.25, -0.2) is 0 Å². The Bertz CT molecular complexity index is 3050. The van der Waals surface area contributed by atoms with E-state index in [1.54, 1.807) is 6.26 Å². The highest BCUT2D eigenvalue weighted by atomic mass is 16.3. The topological polar surface area (TPSA) is 31.2 Å². The van der Waals surface area contributed by atoms with Crippen LogP contribution in [0.2, 0.25) is 0 Å². The Hall–Kier alpha value is -6.58. The van der Waals surface area contributed by atoms with Gasteiger partial charge < -0.3 is 13.4 Å². The second-order valence-electron chi connectivity index (χ2n) is 12.9. The monoisotopic (exact) mass is 625 g/mol. The Labute approximate surface area is 280 Å². The quantitative estimate of drug-likeness (QED) is 0.183. The molecule has 0 atom stereocenters. The fourth-order valence-electron chi connectivity index (χ4n) is 8.12. The van der Waals surface area contributed by atoms with Gasteiger partial charge in [0.15, 0.2) is 0 Å². The summed E-state index contributed by atoms with van der Waals surface area (Å²) >= 11 is 0. The van der Waals surface area contributed by atoms with Crippen molar-refractivity contribution in [2.24, 2.45) is 0 Å². The number of hydrogen-bond acceptors (Lipinski definition) is 2. The summed E-state index contributed by atoms with van der Waals surface area (Å²) in [6.45, 7) is 0. The number of nitrogens with zero attached hydrogens (tertiary/aromatic N) is 1. The molecule has 11 aromatic rings. The van der Waals surface area contributed by atoms with Gasteiger partial charge in [0.1, 0.15) is 16.7 Å². The van der Waals surface area contributed by atoms with Crippen LogP contribution in [-0.4, -0.2) is 4.57 Å². The van der Waals surface area contributed by atoms with E-state index in [0.29, 0.717) is 0 Å². The van der Waals surface area contributed by atoms with E-state index in [0.717, 1.165) is 44.2 Å². The number of hydrogen-bond donors (Lipinski definition) is 0. The van der Waals surface area contributed by atoms with Gasteiger partial charge in [-0.3, -0.25) is 0 Å². The number of benzene rings is 8. The summed E-state index contributed by atoms with van der Waals surface area (Å²) in [5.41, 5.74) is 11.0. The molecular formula is C46H27NO2. The van der Waals surface area contributed by atoms with E-state index >= 15 is 0 Å². The minimum Gasteiger partial charge on any atom is -0.464 e. The zero-order valence-corrected chi connectivity index (χ0v) is 26.4. The Morgan fingerprint density at radius 1 is 0.367 bits per heavy atom. The molecule has 0 aliphatic rings. The third-order valence-corrected chi connectivity index (χ3v) is 10.2. The van der Waals surface area contributed by atoms with Gasteiger partial charge in [0.2, 0.25) is 0 Å². The van der Waals surface area contributed by atoms with Crippen LogP contribution < -0.4 is 0 Å². The normalized spacial score (nSPS) is 12.1. The van der Waals surface area contributed by atoms with Crippen LogP contribution >= 0.6 is 0 Å². The predicted molar refractivity (Wildman–Crippen MR) is 204 cm³/mol. The van der Waals surface area contributed by atoms with Gasteiger partial charge in [0.05, 0.1) is 17.3 Å². The zero-order chi connectivity index (χ0) is 32.1. The van der Waals surface area contributed by atoms with Crippen molar-refractivity contribution >= 4 is 76.3 Å². The lowest BCUT2D eigenvalue weighted by atomic mass is 9.85. The van der Waals surface area contributed by atoms with Crippen molar-refractivity contribution in [2.75, 3.05) is 0 Å². The van der Waals surface area contributed by atoms with Gasteiger partial charge in [0, 0.05) is 32.6 Å². The highest BCUT2D eigenvalue weighted by molar-refractivity contribution is 6.23. The van der Waals surface area contributed by atoms with Crippen molar-refractivity contribution in [2.45, 2.75) is 0 Å². The van der Waals surface area contributed by atoms with Gasteiger partial charge >= 0.3 is 0 Å². The van der Waals surface area contributed by atoms with Crippen molar-refractivity contribution in [3.8, 4) is 27.9 Å². The second-order valence-corrected chi connectivity index (χ2v) is 12.9. The fourth-order valence-corrected chi connectivity index (χ4v) is 8.12. The van der Waals surface area contributed by atoms with E-state index in [1.165, 1.54) is 60.0 Å². The van der Waals surface area contributed by atoms with E-state index in [1.807, 2.05) is 6.07 Å². The summed E-state index contributed by atoms with van der Waals surface area (Å²) in [6, 6.07) is 56.8. The van der Waals surface area contributed by atoms with Crippen molar-refractivity contribution < 1.29 is 8.83 Å². The number of rotatable bonds is 3. The third kappa shape index (κ3) is 3.78. The molecule has 3 nitrogen and oxygen atoms in total. The molecule has 0 spiro atoms. The first-order valence-corrected chi connectivity index (χ1v) is 16.7. The molecule has 0 unspecified atom stereocenters. The molecule has 0 N–H and O–H groups in total. The largest absolute Gasteiger partial charge is 0.464 e. The summed E-state index contributed by atoms with van der Waals surface area (Å²) < 4.78 is 14.6. The maximum atomic E-state index is 6.48. The number of fused-ring (bicyclic) bond motifs is 9. The Balaban J connectivity index is 1.17. The molecule has 228 valence electrons. The lowest BCUT2D eigenvalue weighted by molar-refractivity contribution is 0.616. The summed E-state index contributed by atoms with van der Waals surface area (Å²) in [5.74, 6) is 0. The lowest BCUT2D eigenvalue weighted by Crippen LogP contribution is -1.93. The fraction of sp³-hybridized carbons (Fsp3) is 0. The highest BCUT2D eigenvalue weighted by Crippen LogP contribution is 2.46. The average molecular weight is 626 g/mol. The van der Waals surface area contributed by atoms with Crippen molar-refractivity contribution in [1.29, 1.82) is 0 Å². The minimum atomic E-state index is 0.870. The molecule has 3 aromatic heterocycles. The molecule has 11 rings (SSSR count). The number of aromatic nitrogens is 1. The summed E-state index contributed by atoms with van der Waals surface area (Å²) in [7, 11) is 0. The average Bonchev–Trinajstić information content (AvgIpc) is 3.86. The molecule has 3 heteroatoms. The number of furan rings is 2. The standard InChI is InChI=1S/C46H27NO2/c1-2-10-31(11-3-1)47-40-17-9-8-12-32(40)38-24-29(19-21-41(38)47)45-34-13-4-6-15-36(34)46(37-16-7-5-14-35(37)45)30-18-20-33-39-27-42-28(22-23-48-42)25-44(39)49-43(33)26-30/h1-27H. The summed E-state index contributed by atoms with van der Waals surface area (Å²) in [5, 5.41) is 10.6. The second kappa shape index (κ2) is 9.96. The summed E-state index contributed by atoms with van der Waals surface area (Å²) in [6.07, 6.45) is 1.73. The Kier molecular flexibility index (Phi) is 5.38. The van der Waals surface area contributed by atoms with Crippen LogP contribution in [0.5, 0.6) is 0 Å². The first-order chi connectivity index (χ1) is 24.3. The van der Waals surface area contributed by atoms with Gasteiger partial charge in [-0.1, -0.05) is 97.1 Å². The van der Waals surface area contributed by atoms with E-state index < -0.39 is 0 Å². The van der Waals surface area contributed by atoms with E-state index in [2.05, 4.69) is 156 Å².